The molecule has 0 aliphatic carbocycles. The van der Waals surface area contributed by atoms with E-state index in [9.17, 15) is 26.4 Å². The third-order valence-electron chi connectivity index (χ3n) is 2.40. The van der Waals surface area contributed by atoms with E-state index in [0.29, 0.717) is 6.07 Å². The Bertz CT molecular complexity index is 868. The van der Waals surface area contributed by atoms with Crippen LogP contribution < -0.4 is 10.3 Å². The molecule has 1 heterocycles. The summed E-state index contributed by atoms with van der Waals surface area (Å²) in [5.41, 5.74) is -1.49. The van der Waals surface area contributed by atoms with Gasteiger partial charge >= 0.3 is 0 Å². The van der Waals surface area contributed by atoms with E-state index in [4.69, 9.17) is 11.6 Å². The van der Waals surface area contributed by atoms with Gasteiger partial charge in [0.05, 0.1) is 5.69 Å². The fourth-order valence-electron chi connectivity index (χ4n) is 1.40. The summed E-state index contributed by atoms with van der Waals surface area (Å²) in [6.07, 6.45) is 0.828. The smallest absolute Gasteiger partial charge is 0.266 e. The summed E-state index contributed by atoms with van der Waals surface area (Å²) in [5, 5.41) is -0.399. The number of sulfonamides is 1. The maximum Gasteiger partial charge on any atom is 0.266 e. The SMILES string of the molecule is O=c1[nH]cc(S(=O)(=O)Nc2cc(F)c(F)cc2F)cc1Cl. The number of rotatable bonds is 3. The monoisotopic (exact) mass is 338 g/mol. The van der Waals surface area contributed by atoms with E-state index in [0.717, 1.165) is 12.3 Å². The number of aromatic nitrogens is 1. The van der Waals surface area contributed by atoms with Crippen LogP contribution in [0.5, 0.6) is 0 Å². The molecular weight excluding hydrogens is 333 g/mol. The summed E-state index contributed by atoms with van der Waals surface area (Å²) in [6, 6.07) is 1.39. The number of aromatic amines is 1. The summed E-state index contributed by atoms with van der Waals surface area (Å²) in [6.45, 7) is 0. The molecule has 112 valence electrons. The van der Waals surface area contributed by atoms with Gasteiger partial charge in [-0.1, -0.05) is 11.6 Å². The molecule has 10 heteroatoms. The number of anilines is 1. The minimum atomic E-state index is -4.34. The first-order chi connectivity index (χ1) is 9.70. The van der Waals surface area contributed by atoms with Crippen molar-refractivity contribution in [2.24, 2.45) is 0 Å². The van der Waals surface area contributed by atoms with Gasteiger partial charge in [-0.15, -0.1) is 0 Å². The average molecular weight is 339 g/mol. The highest BCUT2D eigenvalue weighted by Gasteiger charge is 2.19. The van der Waals surface area contributed by atoms with Crippen molar-refractivity contribution in [3.63, 3.8) is 0 Å². The van der Waals surface area contributed by atoms with Crippen LogP contribution in [0.25, 0.3) is 0 Å². The van der Waals surface area contributed by atoms with Gasteiger partial charge in [0.25, 0.3) is 15.6 Å². The first-order valence-corrected chi connectivity index (χ1v) is 7.12. The standard InChI is InChI=1S/C11H6ClF3N2O3S/c12-6-1-5(4-16-11(6)18)21(19,20)17-10-3-8(14)7(13)2-9(10)15/h1-4,17H,(H,16,18). The molecule has 1 aromatic carbocycles. The second-order valence-corrected chi connectivity index (χ2v) is 5.95. The molecule has 21 heavy (non-hydrogen) atoms. The summed E-state index contributed by atoms with van der Waals surface area (Å²) in [5.74, 6) is -4.18. The van der Waals surface area contributed by atoms with Crippen LogP contribution in [-0.4, -0.2) is 13.4 Å². The number of hydrogen-bond acceptors (Lipinski definition) is 3. The summed E-state index contributed by atoms with van der Waals surface area (Å²) >= 11 is 5.48. The molecule has 1 aromatic heterocycles. The lowest BCUT2D eigenvalue weighted by Gasteiger charge is -2.09. The highest BCUT2D eigenvalue weighted by atomic mass is 35.5. The van der Waals surface area contributed by atoms with Gasteiger partial charge in [-0.2, -0.15) is 0 Å². The fourth-order valence-corrected chi connectivity index (χ4v) is 2.69. The number of nitrogens with one attached hydrogen (secondary N) is 2. The molecule has 0 saturated heterocycles. The van der Waals surface area contributed by atoms with Gasteiger partial charge in [0.1, 0.15) is 15.7 Å². The molecule has 5 nitrogen and oxygen atoms in total. The van der Waals surface area contributed by atoms with E-state index >= 15 is 0 Å². The number of benzene rings is 1. The summed E-state index contributed by atoms with van der Waals surface area (Å²) < 4.78 is 64.8. The number of pyridine rings is 1. The Kier molecular flexibility index (Phi) is 3.97. The zero-order chi connectivity index (χ0) is 15.8. The molecular formula is C11H6ClF3N2O3S. The second-order valence-electron chi connectivity index (χ2n) is 3.86. The largest absolute Gasteiger partial charge is 0.326 e. The van der Waals surface area contributed by atoms with E-state index in [1.54, 1.807) is 4.72 Å². The molecule has 0 bridgehead atoms. The van der Waals surface area contributed by atoms with Crippen LogP contribution in [0.4, 0.5) is 18.9 Å². The van der Waals surface area contributed by atoms with Crippen LogP contribution >= 0.6 is 11.6 Å². The Hall–Kier alpha value is -2.00. The van der Waals surface area contributed by atoms with E-state index < -0.39 is 48.6 Å². The number of halogens is 4. The normalized spacial score (nSPS) is 11.4. The first kappa shape index (κ1) is 15.4. The average Bonchev–Trinajstić information content (AvgIpc) is 2.39. The Morgan fingerprint density at radius 2 is 1.67 bits per heavy atom. The molecule has 2 N–H and O–H groups in total. The topological polar surface area (TPSA) is 79.0 Å². The van der Waals surface area contributed by atoms with Crippen LogP contribution in [0, 0.1) is 17.5 Å². The third kappa shape index (κ3) is 3.19. The third-order valence-corrected chi connectivity index (χ3v) is 4.02. The zero-order valence-corrected chi connectivity index (χ0v) is 11.5. The molecule has 0 radical (unpaired) electrons. The molecule has 2 rings (SSSR count). The van der Waals surface area contributed by atoms with Gasteiger partial charge in [0, 0.05) is 18.3 Å². The van der Waals surface area contributed by atoms with Gasteiger partial charge in [0.15, 0.2) is 11.6 Å². The number of hydrogen-bond donors (Lipinski definition) is 2. The van der Waals surface area contributed by atoms with Crippen LogP contribution in [0.1, 0.15) is 0 Å². The van der Waals surface area contributed by atoms with Crippen molar-refractivity contribution in [1.29, 1.82) is 0 Å². The van der Waals surface area contributed by atoms with E-state index in [1.807, 2.05) is 0 Å². The first-order valence-electron chi connectivity index (χ1n) is 5.26. The Morgan fingerprint density at radius 1 is 1.05 bits per heavy atom. The predicted molar refractivity (Wildman–Crippen MR) is 69.2 cm³/mol. The van der Waals surface area contributed by atoms with Crippen LogP contribution in [-0.2, 0) is 10.0 Å². The molecule has 0 unspecified atom stereocenters. The minimum Gasteiger partial charge on any atom is -0.326 e. The lowest BCUT2D eigenvalue weighted by molar-refractivity contribution is 0.496. The van der Waals surface area contributed by atoms with Crippen molar-refractivity contribution in [1.82, 2.24) is 4.98 Å². The lowest BCUT2D eigenvalue weighted by Crippen LogP contribution is -2.17. The van der Waals surface area contributed by atoms with Crippen molar-refractivity contribution in [2.75, 3.05) is 4.72 Å². The molecule has 0 amide bonds. The minimum absolute atomic E-state index is 0.201. The predicted octanol–water partition coefficient (Wildman–Crippen LogP) is 2.25. The number of H-pyrrole nitrogens is 1. The van der Waals surface area contributed by atoms with Crippen molar-refractivity contribution in [3.8, 4) is 0 Å². The highest BCUT2D eigenvalue weighted by molar-refractivity contribution is 7.92. The molecule has 0 aliphatic heterocycles. The van der Waals surface area contributed by atoms with Gasteiger partial charge in [-0.25, -0.2) is 21.6 Å². The van der Waals surface area contributed by atoms with E-state index in [1.165, 1.54) is 0 Å². The fraction of sp³-hybridized carbons (Fsp3) is 0. The maximum absolute atomic E-state index is 13.4. The Balaban J connectivity index is 2.44. The summed E-state index contributed by atoms with van der Waals surface area (Å²) in [4.78, 5) is 12.6. The maximum atomic E-state index is 13.4. The highest BCUT2D eigenvalue weighted by Crippen LogP contribution is 2.22. The molecule has 0 aliphatic rings. The van der Waals surface area contributed by atoms with Gasteiger partial charge in [-0.3, -0.25) is 9.52 Å². The molecule has 0 atom stereocenters. The molecule has 0 saturated carbocycles. The Morgan fingerprint density at radius 3 is 2.29 bits per heavy atom. The van der Waals surface area contributed by atoms with E-state index in [2.05, 4.69) is 4.98 Å². The van der Waals surface area contributed by atoms with E-state index in [-0.39, 0.29) is 6.07 Å². The zero-order valence-electron chi connectivity index (χ0n) is 9.95. The molecule has 2 aromatic rings. The van der Waals surface area contributed by atoms with Crippen molar-refractivity contribution in [2.45, 2.75) is 4.90 Å². The van der Waals surface area contributed by atoms with Gasteiger partial charge in [-0.05, 0) is 6.07 Å². The van der Waals surface area contributed by atoms with Gasteiger partial charge in [0.2, 0.25) is 0 Å². The lowest BCUT2D eigenvalue weighted by atomic mass is 10.3. The summed E-state index contributed by atoms with van der Waals surface area (Å²) in [7, 11) is -4.34. The molecule has 0 spiro atoms. The van der Waals surface area contributed by atoms with Crippen molar-refractivity contribution < 1.29 is 21.6 Å². The van der Waals surface area contributed by atoms with Crippen LogP contribution in [0.3, 0.4) is 0 Å². The van der Waals surface area contributed by atoms with Crippen molar-refractivity contribution in [3.05, 3.63) is 57.2 Å². The quantitative estimate of drug-likeness (QED) is 0.842. The Labute approximate surface area is 121 Å². The van der Waals surface area contributed by atoms with Gasteiger partial charge < -0.3 is 4.98 Å². The van der Waals surface area contributed by atoms with Crippen molar-refractivity contribution >= 4 is 27.3 Å². The van der Waals surface area contributed by atoms with Crippen LogP contribution in [0.15, 0.2) is 34.1 Å². The molecule has 0 fully saturated rings. The van der Waals surface area contributed by atoms with Crippen LogP contribution in [0.2, 0.25) is 5.02 Å². The second kappa shape index (κ2) is 5.41.